The maximum absolute atomic E-state index is 11.2. The Labute approximate surface area is 195 Å². The number of ether oxygens (including phenoxy) is 1. The van der Waals surface area contributed by atoms with Crippen LogP contribution in [-0.2, 0) is 27.2 Å². The van der Waals surface area contributed by atoms with Crippen molar-refractivity contribution < 1.29 is 34.8 Å². The molecule has 4 N–H and O–H groups in total. The van der Waals surface area contributed by atoms with Crippen LogP contribution in [0.4, 0.5) is 0 Å². The van der Waals surface area contributed by atoms with Crippen molar-refractivity contribution in [2.75, 3.05) is 0 Å². The fourth-order valence-corrected chi connectivity index (χ4v) is 4.81. The third-order valence-electron chi connectivity index (χ3n) is 7.50. The Kier molecular flexibility index (Phi) is 8.49. The predicted octanol–water partition coefficient (Wildman–Crippen LogP) is 5.36. The molecule has 0 heterocycles. The fourth-order valence-electron chi connectivity index (χ4n) is 4.81. The quantitative estimate of drug-likeness (QED) is 0.106. The zero-order chi connectivity index (χ0) is 23.9. The first-order valence-corrected chi connectivity index (χ1v) is 12.4. The minimum Gasteiger partial charge on any atom is -0.507 e. The van der Waals surface area contributed by atoms with E-state index in [0.29, 0.717) is 30.4 Å². The van der Waals surface area contributed by atoms with Crippen LogP contribution in [0.3, 0.4) is 0 Å². The van der Waals surface area contributed by atoms with Crippen molar-refractivity contribution in [2.24, 2.45) is 5.41 Å². The molecule has 0 amide bonds. The Balaban J connectivity index is 1.37. The number of hydrogen-bond donors (Lipinski definition) is 4. The topological polar surface area (TPSA) is 124 Å². The molecule has 0 radical (unpaired) electrons. The summed E-state index contributed by atoms with van der Waals surface area (Å²) in [5.41, 5.74) is 0.378. The van der Waals surface area contributed by atoms with E-state index >= 15 is 0 Å². The van der Waals surface area contributed by atoms with E-state index in [1.54, 1.807) is 0 Å². The summed E-state index contributed by atoms with van der Waals surface area (Å²) in [6.45, 7) is 0.542. The van der Waals surface area contributed by atoms with Gasteiger partial charge in [-0.25, -0.2) is 0 Å². The summed E-state index contributed by atoms with van der Waals surface area (Å²) in [7, 11) is 0. The molecule has 7 nitrogen and oxygen atoms in total. The first-order valence-electron chi connectivity index (χ1n) is 12.4. The van der Waals surface area contributed by atoms with Crippen LogP contribution in [0.1, 0.15) is 101 Å². The maximum atomic E-state index is 11.2. The van der Waals surface area contributed by atoms with Gasteiger partial charge in [-0.05, 0) is 82.3 Å². The molecule has 0 aliphatic heterocycles. The summed E-state index contributed by atoms with van der Waals surface area (Å²) >= 11 is 0. The predicted molar refractivity (Wildman–Crippen MR) is 123 cm³/mol. The van der Waals surface area contributed by atoms with Gasteiger partial charge in [0.1, 0.15) is 11.4 Å². The Hall–Kier alpha value is -2.44. The molecule has 184 valence electrons. The lowest BCUT2D eigenvalue weighted by Crippen LogP contribution is -2.14. The Morgan fingerprint density at radius 3 is 2.03 bits per heavy atom. The first kappa shape index (κ1) is 25.2. The van der Waals surface area contributed by atoms with E-state index in [9.17, 15) is 30.0 Å². The van der Waals surface area contributed by atoms with E-state index in [2.05, 4.69) is 0 Å². The minimum absolute atomic E-state index is 0.0735. The van der Waals surface area contributed by atoms with Crippen molar-refractivity contribution >= 4 is 12.4 Å². The van der Waals surface area contributed by atoms with Crippen LogP contribution in [0.2, 0.25) is 0 Å². The van der Waals surface area contributed by atoms with Crippen LogP contribution in [0.25, 0.3) is 0 Å². The number of aryl methyl sites for hydroxylation is 1. The number of phenolic OH excluding ortho intramolecular Hbond substituents is 3. The molecule has 2 fully saturated rings. The van der Waals surface area contributed by atoms with E-state index in [0.717, 1.165) is 89.9 Å². The second kappa shape index (κ2) is 11.1. The molecule has 0 saturated heterocycles. The minimum atomic E-state index is -0.668. The molecule has 0 unspecified atom stereocenters. The average Bonchev–Trinajstić information content (AvgIpc) is 3.70. The van der Waals surface area contributed by atoms with Crippen molar-refractivity contribution in [3.8, 4) is 17.2 Å². The Bertz CT molecular complexity index is 824. The van der Waals surface area contributed by atoms with Crippen LogP contribution >= 0.6 is 0 Å². The number of aromatic hydroxyl groups is 3. The van der Waals surface area contributed by atoms with Crippen molar-refractivity contribution in [3.05, 3.63) is 17.2 Å². The Morgan fingerprint density at radius 1 is 0.848 bits per heavy atom. The molecule has 2 aliphatic carbocycles. The average molecular weight is 463 g/mol. The molecule has 7 heteroatoms. The van der Waals surface area contributed by atoms with Crippen molar-refractivity contribution in [3.63, 3.8) is 0 Å². The molecular formula is C26H38O7. The van der Waals surface area contributed by atoms with Gasteiger partial charge in [-0.15, -0.1) is 0 Å². The normalized spacial score (nSPS) is 17.5. The lowest BCUT2D eigenvalue weighted by Gasteiger charge is -2.14. The van der Waals surface area contributed by atoms with Crippen LogP contribution in [-0.4, -0.2) is 38.5 Å². The Morgan fingerprint density at radius 2 is 1.45 bits per heavy atom. The number of hydrogen-bond acceptors (Lipinski definition) is 6. The van der Waals surface area contributed by atoms with E-state index in [1.165, 1.54) is 6.07 Å². The molecule has 0 aromatic heterocycles. The molecular weight excluding hydrogens is 424 g/mol. The summed E-state index contributed by atoms with van der Waals surface area (Å²) in [6, 6.07) is 1.44. The van der Waals surface area contributed by atoms with E-state index in [1.807, 2.05) is 0 Å². The molecule has 1 aromatic rings. The largest absolute Gasteiger partial charge is 0.507 e. The van der Waals surface area contributed by atoms with Crippen molar-refractivity contribution in [1.29, 1.82) is 0 Å². The number of rotatable bonds is 17. The smallest absolute Gasteiger partial charge is 0.309 e. The van der Waals surface area contributed by atoms with Crippen LogP contribution in [0.5, 0.6) is 17.2 Å². The van der Waals surface area contributed by atoms with Gasteiger partial charge in [0.2, 0.25) is 0 Å². The number of benzene rings is 1. The lowest BCUT2D eigenvalue weighted by atomic mass is 9.95. The zero-order valence-corrected chi connectivity index (χ0v) is 19.5. The van der Waals surface area contributed by atoms with Crippen molar-refractivity contribution in [2.45, 2.75) is 108 Å². The second-order valence-electron chi connectivity index (χ2n) is 10.0. The number of unbranched alkanes of at least 4 members (excludes halogenated alkanes) is 6. The SMILES string of the molecule is O=COC1(CCCCCCc2c(O)c(O)cc(CCCCCCC3(C(=O)O)CC3)c2O)CC1. The van der Waals surface area contributed by atoms with Gasteiger partial charge in [0, 0.05) is 5.56 Å². The highest BCUT2D eigenvalue weighted by Gasteiger charge is 2.49. The number of carboxylic acid groups (broad SMARTS) is 1. The number of carbonyl (C=O) groups excluding carboxylic acids is 1. The first-order chi connectivity index (χ1) is 15.8. The molecule has 2 saturated carbocycles. The van der Waals surface area contributed by atoms with E-state index < -0.39 is 11.4 Å². The highest BCUT2D eigenvalue weighted by molar-refractivity contribution is 5.77. The number of carboxylic acids is 1. The van der Waals surface area contributed by atoms with Crippen molar-refractivity contribution in [1.82, 2.24) is 0 Å². The highest BCUT2D eigenvalue weighted by atomic mass is 16.5. The van der Waals surface area contributed by atoms with E-state index in [4.69, 9.17) is 4.74 Å². The maximum Gasteiger partial charge on any atom is 0.309 e. The second-order valence-corrected chi connectivity index (χ2v) is 10.0. The van der Waals surface area contributed by atoms with Crippen LogP contribution in [0.15, 0.2) is 6.07 Å². The van der Waals surface area contributed by atoms with Gasteiger partial charge >= 0.3 is 5.97 Å². The summed E-state index contributed by atoms with van der Waals surface area (Å²) in [5, 5.41) is 40.3. The molecule has 0 bridgehead atoms. The third-order valence-corrected chi connectivity index (χ3v) is 7.50. The van der Waals surface area contributed by atoms with Crippen LogP contribution < -0.4 is 0 Å². The summed E-state index contributed by atoms with van der Waals surface area (Å²) in [5.74, 6) is -1.03. The number of aliphatic carboxylic acids is 1. The summed E-state index contributed by atoms with van der Waals surface area (Å²) in [4.78, 5) is 21.8. The zero-order valence-electron chi connectivity index (χ0n) is 19.5. The number of carbonyl (C=O) groups is 2. The van der Waals surface area contributed by atoms with E-state index in [-0.39, 0.29) is 22.8 Å². The molecule has 33 heavy (non-hydrogen) atoms. The molecule has 0 atom stereocenters. The van der Waals surface area contributed by atoms with Crippen LogP contribution in [0, 0.1) is 5.41 Å². The lowest BCUT2D eigenvalue weighted by molar-refractivity contribution is -0.143. The molecule has 0 spiro atoms. The van der Waals surface area contributed by atoms with Gasteiger partial charge in [-0.2, -0.15) is 0 Å². The van der Waals surface area contributed by atoms with Gasteiger partial charge in [0.25, 0.3) is 6.47 Å². The van der Waals surface area contributed by atoms with Gasteiger partial charge in [0.15, 0.2) is 11.5 Å². The summed E-state index contributed by atoms with van der Waals surface area (Å²) in [6.07, 6.45) is 13.5. The monoisotopic (exact) mass is 462 g/mol. The third kappa shape index (κ3) is 6.78. The number of phenols is 3. The molecule has 3 rings (SSSR count). The molecule has 2 aliphatic rings. The van der Waals surface area contributed by atoms with Gasteiger partial charge < -0.3 is 25.2 Å². The fraction of sp³-hybridized carbons (Fsp3) is 0.692. The highest BCUT2D eigenvalue weighted by Crippen LogP contribution is 2.50. The molecule has 1 aromatic carbocycles. The summed E-state index contributed by atoms with van der Waals surface area (Å²) < 4.78 is 5.16. The van der Waals surface area contributed by atoms with Gasteiger partial charge in [-0.3, -0.25) is 9.59 Å². The standard InChI is InChI=1S/C26H38O7/c27-18-33-26(15-16-26)12-8-4-2-6-10-20-22(29)19(17-21(28)23(20)30)9-5-1-3-7-11-25(13-14-25)24(31)32/h17-18,28-30H,1-16H2,(H,31,32). The van der Waals surface area contributed by atoms with Gasteiger partial charge in [-0.1, -0.05) is 32.1 Å². The van der Waals surface area contributed by atoms with Gasteiger partial charge in [0.05, 0.1) is 5.41 Å².